The Morgan fingerprint density at radius 1 is 1.35 bits per heavy atom. The Balaban J connectivity index is 2.18. The van der Waals surface area contributed by atoms with Gasteiger partial charge in [0.15, 0.2) is 0 Å². The first-order valence-corrected chi connectivity index (χ1v) is 5.63. The van der Waals surface area contributed by atoms with E-state index in [0.29, 0.717) is 12.3 Å². The van der Waals surface area contributed by atoms with Gasteiger partial charge in [-0.1, -0.05) is 0 Å². The predicted molar refractivity (Wildman–Crippen MR) is 68.9 cm³/mol. The van der Waals surface area contributed by atoms with Crippen LogP contribution in [-0.2, 0) is 4.74 Å². The molecule has 5 nitrogen and oxygen atoms in total. The molecule has 0 spiro atoms. The van der Waals surface area contributed by atoms with Crippen LogP contribution >= 0.6 is 0 Å². The van der Waals surface area contributed by atoms with E-state index < -0.39 is 0 Å². The van der Waals surface area contributed by atoms with Gasteiger partial charge in [0, 0.05) is 24.2 Å². The van der Waals surface area contributed by atoms with Gasteiger partial charge >= 0.3 is 0 Å². The smallest absolute Gasteiger partial charge is 0.137 e. The van der Waals surface area contributed by atoms with Crippen LogP contribution in [0.25, 0.3) is 10.9 Å². The molecule has 2 rings (SSSR count). The van der Waals surface area contributed by atoms with E-state index in [1.165, 1.54) is 0 Å². The number of aromatic nitrogens is 2. The highest BCUT2D eigenvalue weighted by Crippen LogP contribution is 2.21. The highest BCUT2D eigenvalue weighted by molar-refractivity contribution is 5.91. The van der Waals surface area contributed by atoms with E-state index in [1.54, 1.807) is 6.33 Å². The molecule has 0 aliphatic carbocycles. The molecule has 17 heavy (non-hydrogen) atoms. The van der Waals surface area contributed by atoms with Gasteiger partial charge in [-0.2, -0.15) is 0 Å². The third kappa shape index (κ3) is 2.82. The highest BCUT2D eigenvalue weighted by atomic mass is 16.5. The van der Waals surface area contributed by atoms with E-state index in [9.17, 15) is 0 Å². The molecule has 0 bridgehead atoms. The summed E-state index contributed by atoms with van der Waals surface area (Å²) in [5.41, 5.74) is 7.35. The molecule has 0 amide bonds. The van der Waals surface area contributed by atoms with Crippen molar-refractivity contribution in [2.75, 3.05) is 30.8 Å². The Kier molecular flexibility index (Phi) is 3.72. The van der Waals surface area contributed by atoms with E-state index in [1.807, 2.05) is 25.1 Å². The molecule has 2 aromatic rings. The molecule has 1 aromatic carbocycles. The predicted octanol–water partition coefficient (Wildman–Crippen LogP) is 1.66. The minimum atomic E-state index is 0.657. The number of nitrogens with two attached hydrogens (primary N) is 1. The van der Waals surface area contributed by atoms with Gasteiger partial charge in [0.1, 0.15) is 12.1 Å². The summed E-state index contributed by atoms with van der Waals surface area (Å²) in [6, 6.07) is 5.59. The van der Waals surface area contributed by atoms with Crippen LogP contribution in [0.4, 0.5) is 11.5 Å². The second kappa shape index (κ2) is 5.45. The number of ether oxygens (including phenoxy) is 1. The van der Waals surface area contributed by atoms with Crippen molar-refractivity contribution in [3.8, 4) is 0 Å². The zero-order valence-corrected chi connectivity index (χ0v) is 9.81. The number of fused-ring (bicyclic) bond motifs is 1. The number of nitrogens with one attached hydrogen (secondary N) is 1. The van der Waals surface area contributed by atoms with Crippen molar-refractivity contribution in [2.24, 2.45) is 0 Å². The Morgan fingerprint density at radius 2 is 2.24 bits per heavy atom. The molecule has 0 aliphatic rings. The average molecular weight is 232 g/mol. The second-order valence-corrected chi connectivity index (χ2v) is 3.62. The Hall–Kier alpha value is -1.88. The van der Waals surface area contributed by atoms with Crippen LogP contribution in [0.15, 0.2) is 24.5 Å². The first-order chi connectivity index (χ1) is 8.31. The summed E-state index contributed by atoms with van der Waals surface area (Å²) in [4.78, 5) is 8.40. The zero-order chi connectivity index (χ0) is 12.1. The molecule has 0 unspecified atom stereocenters. The third-order valence-electron chi connectivity index (χ3n) is 2.40. The van der Waals surface area contributed by atoms with Crippen molar-refractivity contribution in [3.63, 3.8) is 0 Å². The van der Waals surface area contributed by atoms with Gasteiger partial charge in [-0.25, -0.2) is 9.97 Å². The molecule has 5 heteroatoms. The first kappa shape index (κ1) is 11.6. The molecular weight excluding hydrogens is 216 g/mol. The molecule has 1 heterocycles. The fourth-order valence-corrected chi connectivity index (χ4v) is 1.60. The molecule has 0 atom stereocenters. The lowest BCUT2D eigenvalue weighted by atomic mass is 10.2. The zero-order valence-electron chi connectivity index (χ0n) is 9.81. The largest absolute Gasteiger partial charge is 0.399 e. The Labute approximate surface area is 100 Å². The minimum Gasteiger partial charge on any atom is -0.399 e. The van der Waals surface area contributed by atoms with Crippen molar-refractivity contribution in [2.45, 2.75) is 6.92 Å². The summed E-state index contributed by atoms with van der Waals surface area (Å²) in [5.74, 6) is 0.794. The van der Waals surface area contributed by atoms with Crippen LogP contribution in [0.2, 0.25) is 0 Å². The molecule has 0 radical (unpaired) electrons. The average Bonchev–Trinajstić information content (AvgIpc) is 2.35. The van der Waals surface area contributed by atoms with Crippen LogP contribution in [0.1, 0.15) is 6.92 Å². The minimum absolute atomic E-state index is 0.657. The summed E-state index contributed by atoms with van der Waals surface area (Å²) in [7, 11) is 0. The van der Waals surface area contributed by atoms with Gasteiger partial charge < -0.3 is 15.8 Å². The quantitative estimate of drug-likeness (QED) is 0.606. The lowest BCUT2D eigenvalue weighted by Gasteiger charge is -2.08. The molecular formula is C12H16N4O. The summed E-state index contributed by atoms with van der Waals surface area (Å²) in [6.45, 7) is 4.07. The van der Waals surface area contributed by atoms with Crippen molar-refractivity contribution in [3.05, 3.63) is 24.5 Å². The standard InChI is InChI=1S/C12H16N4O/c1-2-17-6-5-14-12-10-7-9(13)3-4-11(10)15-8-16-12/h3-4,7-8H,2,5-6,13H2,1H3,(H,14,15,16). The lowest BCUT2D eigenvalue weighted by molar-refractivity contribution is 0.158. The normalized spacial score (nSPS) is 10.6. The van der Waals surface area contributed by atoms with Gasteiger partial charge in [0.25, 0.3) is 0 Å². The van der Waals surface area contributed by atoms with Gasteiger partial charge in [0.05, 0.1) is 12.1 Å². The Morgan fingerprint density at radius 3 is 3.06 bits per heavy atom. The summed E-state index contributed by atoms with van der Waals surface area (Å²) in [6.07, 6.45) is 1.54. The molecule has 1 aromatic heterocycles. The number of hydrogen-bond donors (Lipinski definition) is 2. The maximum Gasteiger partial charge on any atom is 0.137 e. The second-order valence-electron chi connectivity index (χ2n) is 3.62. The maximum absolute atomic E-state index is 5.76. The molecule has 0 saturated heterocycles. The van der Waals surface area contributed by atoms with E-state index in [2.05, 4.69) is 15.3 Å². The van der Waals surface area contributed by atoms with E-state index >= 15 is 0 Å². The van der Waals surface area contributed by atoms with Crippen molar-refractivity contribution in [1.29, 1.82) is 0 Å². The van der Waals surface area contributed by atoms with Gasteiger partial charge in [-0.05, 0) is 25.1 Å². The van der Waals surface area contributed by atoms with Gasteiger partial charge in [0.2, 0.25) is 0 Å². The molecule has 3 N–H and O–H groups in total. The molecule has 0 saturated carbocycles. The molecule has 0 aliphatic heterocycles. The number of hydrogen-bond acceptors (Lipinski definition) is 5. The first-order valence-electron chi connectivity index (χ1n) is 5.63. The summed E-state index contributed by atoms with van der Waals surface area (Å²) >= 11 is 0. The maximum atomic E-state index is 5.76. The highest BCUT2D eigenvalue weighted by Gasteiger charge is 2.03. The number of anilines is 2. The van der Waals surface area contributed by atoms with Crippen LogP contribution in [0, 0.1) is 0 Å². The van der Waals surface area contributed by atoms with Crippen molar-refractivity contribution in [1.82, 2.24) is 9.97 Å². The van der Waals surface area contributed by atoms with E-state index in [-0.39, 0.29) is 0 Å². The number of nitrogen functional groups attached to an aromatic ring is 1. The summed E-state index contributed by atoms with van der Waals surface area (Å²) in [5, 5.41) is 4.15. The van der Waals surface area contributed by atoms with Crippen LogP contribution in [-0.4, -0.2) is 29.7 Å². The third-order valence-corrected chi connectivity index (χ3v) is 2.40. The van der Waals surface area contributed by atoms with Crippen molar-refractivity contribution < 1.29 is 4.74 Å². The van der Waals surface area contributed by atoms with Crippen LogP contribution in [0.3, 0.4) is 0 Å². The fourth-order valence-electron chi connectivity index (χ4n) is 1.60. The number of benzene rings is 1. The van der Waals surface area contributed by atoms with E-state index in [0.717, 1.165) is 29.9 Å². The molecule has 90 valence electrons. The van der Waals surface area contributed by atoms with Crippen LogP contribution in [0.5, 0.6) is 0 Å². The lowest BCUT2D eigenvalue weighted by Crippen LogP contribution is -2.10. The number of nitrogens with zero attached hydrogens (tertiary/aromatic N) is 2. The van der Waals surface area contributed by atoms with Gasteiger partial charge in [-0.3, -0.25) is 0 Å². The topological polar surface area (TPSA) is 73.1 Å². The monoisotopic (exact) mass is 232 g/mol. The van der Waals surface area contributed by atoms with E-state index in [4.69, 9.17) is 10.5 Å². The molecule has 0 fully saturated rings. The summed E-state index contributed by atoms with van der Waals surface area (Å²) < 4.78 is 5.26. The van der Waals surface area contributed by atoms with Crippen LogP contribution < -0.4 is 11.1 Å². The SMILES string of the molecule is CCOCCNc1ncnc2ccc(N)cc12. The Bertz CT molecular complexity index is 501. The number of rotatable bonds is 5. The van der Waals surface area contributed by atoms with Gasteiger partial charge in [-0.15, -0.1) is 0 Å². The fraction of sp³-hybridized carbons (Fsp3) is 0.333. The van der Waals surface area contributed by atoms with Crippen molar-refractivity contribution >= 4 is 22.4 Å².